The van der Waals surface area contributed by atoms with Gasteiger partial charge in [0.05, 0.1) is 6.61 Å². The highest BCUT2D eigenvalue weighted by molar-refractivity contribution is 5.68. The largest absolute Gasteiger partial charge is 0.456 e. The summed E-state index contributed by atoms with van der Waals surface area (Å²) in [6.45, 7) is 3.28. The van der Waals surface area contributed by atoms with Gasteiger partial charge >= 0.3 is 17.9 Å². The Morgan fingerprint density at radius 3 is 1.43 bits per heavy atom. The minimum Gasteiger partial charge on any atom is -0.456 e. The zero-order valence-corrected chi connectivity index (χ0v) is 22.5. The molecule has 3 aromatic carbocycles. The number of carbonyl (C=O) groups is 3. The van der Waals surface area contributed by atoms with Crippen molar-refractivity contribution in [3.05, 3.63) is 108 Å². The first kappa shape index (κ1) is 28.9. The summed E-state index contributed by atoms with van der Waals surface area (Å²) < 4.78 is 28.8. The number of ether oxygens (including phenoxy) is 5. The van der Waals surface area contributed by atoms with Gasteiger partial charge in [0.25, 0.3) is 0 Å². The molecule has 1 aliphatic heterocycles. The van der Waals surface area contributed by atoms with Gasteiger partial charge in [-0.25, -0.2) is 0 Å². The van der Waals surface area contributed by atoms with Gasteiger partial charge in [0.1, 0.15) is 11.7 Å². The van der Waals surface area contributed by atoms with Crippen molar-refractivity contribution in [3.63, 3.8) is 0 Å². The third kappa shape index (κ3) is 6.39. The molecule has 1 fully saturated rings. The molecule has 0 radical (unpaired) electrons. The summed E-state index contributed by atoms with van der Waals surface area (Å²) in [6, 6.07) is 28.8. The molecule has 0 amide bonds. The Morgan fingerprint density at radius 2 is 1.02 bits per heavy atom. The molecule has 0 spiro atoms. The van der Waals surface area contributed by atoms with Crippen LogP contribution in [0.25, 0.3) is 0 Å². The molecule has 1 saturated heterocycles. The van der Waals surface area contributed by atoms with E-state index in [2.05, 4.69) is 0 Å². The summed E-state index contributed by atoms with van der Waals surface area (Å²) in [5.74, 6) is -2.15. The molecular weight excluding hydrogens is 516 g/mol. The lowest BCUT2D eigenvalue weighted by molar-refractivity contribution is -0.299. The van der Waals surface area contributed by atoms with Crippen LogP contribution in [0.15, 0.2) is 91.0 Å². The van der Waals surface area contributed by atoms with Crippen LogP contribution in [0, 0.1) is 0 Å². The first-order valence-corrected chi connectivity index (χ1v) is 12.9. The summed E-state index contributed by atoms with van der Waals surface area (Å²) in [5.41, 5.74) is 1.33. The Morgan fingerprint density at radius 1 is 0.650 bits per heavy atom. The number of rotatable bonds is 9. The van der Waals surface area contributed by atoms with Crippen molar-refractivity contribution in [2.45, 2.75) is 57.1 Å². The Balaban J connectivity index is 1.79. The number of aliphatic hydroxyl groups excluding tert-OH is 1. The Bertz CT molecular complexity index is 1180. The highest BCUT2D eigenvalue weighted by atomic mass is 16.7. The fraction of sp³-hybridized carbons (Fsp3) is 0.323. The van der Waals surface area contributed by atoms with E-state index in [0.29, 0.717) is 0 Å². The minimum atomic E-state index is -1.69. The third-order valence-corrected chi connectivity index (χ3v) is 6.52. The van der Waals surface area contributed by atoms with Crippen LogP contribution in [0.4, 0.5) is 0 Å². The molecule has 0 bridgehead atoms. The second-order valence-corrected chi connectivity index (χ2v) is 9.38. The number of benzene rings is 3. The van der Waals surface area contributed by atoms with Crippen molar-refractivity contribution < 1.29 is 43.2 Å². The average molecular weight is 549 g/mol. The maximum absolute atomic E-state index is 12.1. The highest BCUT2D eigenvalue weighted by Gasteiger charge is 2.52. The van der Waals surface area contributed by atoms with Crippen molar-refractivity contribution >= 4 is 17.9 Å². The molecule has 0 saturated carbocycles. The van der Waals surface area contributed by atoms with Crippen molar-refractivity contribution in [2.24, 2.45) is 0 Å². The van der Waals surface area contributed by atoms with Gasteiger partial charge in [-0.15, -0.1) is 0 Å². The van der Waals surface area contributed by atoms with Gasteiger partial charge in [-0.2, -0.15) is 0 Å². The van der Waals surface area contributed by atoms with Crippen molar-refractivity contribution in [2.75, 3.05) is 6.61 Å². The lowest BCUT2D eigenvalue weighted by Gasteiger charge is -2.44. The summed E-state index contributed by atoms with van der Waals surface area (Å²) in [5, 5.41) is 10.8. The standard InChI is InChI=1S/C31H32O9/c1-20(32)37-27-26(40-30(35)29(39-22(3)34)28(27)38-21(2)33)19-36-31(23-13-7-4-8-14-23,24-15-9-5-10-16-24)25-17-11-6-12-18-25/h4-18,26-30,35H,19H2,1-3H3/t26?,27-,28?,29?,30-/m1/s1. The van der Waals surface area contributed by atoms with E-state index in [1.807, 2.05) is 91.0 Å². The van der Waals surface area contributed by atoms with Crippen LogP contribution in [0.5, 0.6) is 0 Å². The van der Waals surface area contributed by atoms with E-state index in [-0.39, 0.29) is 6.61 Å². The van der Waals surface area contributed by atoms with Crippen molar-refractivity contribution in [1.82, 2.24) is 0 Å². The summed E-state index contributed by atoms with van der Waals surface area (Å²) in [7, 11) is 0. The van der Waals surface area contributed by atoms with Gasteiger partial charge in [0, 0.05) is 20.8 Å². The third-order valence-electron chi connectivity index (χ3n) is 6.52. The van der Waals surface area contributed by atoms with Crippen molar-refractivity contribution in [3.8, 4) is 0 Å². The quantitative estimate of drug-likeness (QED) is 0.244. The lowest BCUT2D eigenvalue weighted by atomic mass is 9.80. The number of esters is 3. The zero-order valence-electron chi connectivity index (χ0n) is 22.5. The smallest absolute Gasteiger partial charge is 0.303 e. The second kappa shape index (κ2) is 12.9. The fourth-order valence-corrected chi connectivity index (χ4v) is 4.98. The van der Waals surface area contributed by atoms with Gasteiger partial charge in [-0.05, 0) is 16.7 Å². The highest BCUT2D eigenvalue weighted by Crippen LogP contribution is 2.41. The zero-order chi connectivity index (χ0) is 28.7. The van der Waals surface area contributed by atoms with Crippen molar-refractivity contribution in [1.29, 1.82) is 0 Å². The van der Waals surface area contributed by atoms with Crippen LogP contribution in [0.2, 0.25) is 0 Å². The average Bonchev–Trinajstić information content (AvgIpc) is 2.94. The van der Waals surface area contributed by atoms with E-state index in [1.165, 1.54) is 6.92 Å². The number of hydrogen-bond donors (Lipinski definition) is 1. The molecule has 0 aliphatic carbocycles. The molecular formula is C31H32O9. The summed E-state index contributed by atoms with van der Waals surface area (Å²) in [4.78, 5) is 35.9. The molecule has 1 heterocycles. The van der Waals surface area contributed by atoms with Gasteiger partial charge in [0.15, 0.2) is 24.6 Å². The Labute approximate surface area is 232 Å². The number of hydrogen-bond acceptors (Lipinski definition) is 9. The molecule has 4 rings (SSSR count). The van der Waals surface area contributed by atoms with Gasteiger partial charge in [-0.3, -0.25) is 14.4 Å². The second-order valence-electron chi connectivity index (χ2n) is 9.38. The molecule has 1 aliphatic rings. The molecule has 210 valence electrons. The predicted molar refractivity (Wildman–Crippen MR) is 143 cm³/mol. The first-order chi connectivity index (χ1) is 19.2. The molecule has 3 unspecified atom stereocenters. The van der Waals surface area contributed by atoms with E-state index >= 15 is 0 Å². The number of aliphatic hydroxyl groups is 1. The SMILES string of the molecule is CC(=O)OC1C(OC(C)=O)[C@H](O)OC(COC(c2ccccc2)(c2ccccc2)c2ccccc2)[C@H]1OC(C)=O. The minimum absolute atomic E-state index is 0.210. The number of carbonyl (C=O) groups excluding carboxylic acids is 3. The first-order valence-electron chi connectivity index (χ1n) is 12.9. The molecule has 0 aromatic heterocycles. The molecule has 1 N–H and O–H groups in total. The van der Waals surface area contributed by atoms with Crippen LogP contribution >= 0.6 is 0 Å². The predicted octanol–water partition coefficient (Wildman–Crippen LogP) is 3.51. The van der Waals surface area contributed by atoms with E-state index < -0.39 is 54.2 Å². The van der Waals surface area contributed by atoms with Gasteiger partial charge in [-0.1, -0.05) is 91.0 Å². The maximum Gasteiger partial charge on any atom is 0.303 e. The summed E-state index contributed by atoms with van der Waals surface area (Å²) in [6.07, 6.45) is -6.82. The van der Waals surface area contributed by atoms with Gasteiger partial charge < -0.3 is 28.8 Å². The molecule has 9 heteroatoms. The van der Waals surface area contributed by atoms with Crippen LogP contribution in [0.1, 0.15) is 37.5 Å². The van der Waals surface area contributed by atoms with Crippen LogP contribution < -0.4 is 0 Å². The van der Waals surface area contributed by atoms with Crippen LogP contribution in [-0.4, -0.2) is 60.3 Å². The summed E-state index contributed by atoms with van der Waals surface area (Å²) >= 11 is 0. The maximum atomic E-state index is 12.1. The molecule has 9 nitrogen and oxygen atoms in total. The fourth-order valence-electron chi connectivity index (χ4n) is 4.98. The molecule has 40 heavy (non-hydrogen) atoms. The monoisotopic (exact) mass is 548 g/mol. The Hall–Kier alpha value is -4.05. The van der Waals surface area contributed by atoms with E-state index in [9.17, 15) is 19.5 Å². The van der Waals surface area contributed by atoms with Crippen LogP contribution in [0.3, 0.4) is 0 Å². The molecule has 3 aromatic rings. The molecule has 5 atom stereocenters. The normalized spacial score (nSPS) is 22.6. The lowest BCUT2D eigenvalue weighted by Crippen LogP contribution is -2.62. The topological polar surface area (TPSA) is 118 Å². The van der Waals surface area contributed by atoms with Gasteiger partial charge in [0.2, 0.25) is 0 Å². The van der Waals surface area contributed by atoms with E-state index in [0.717, 1.165) is 30.5 Å². The van der Waals surface area contributed by atoms with E-state index in [4.69, 9.17) is 23.7 Å². The van der Waals surface area contributed by atoms with Crippen LogP contribution in [-0.2, 0) is 43.7 Å². The Kier molecular flexibility index (Phi) is 9.31. The van der Waals surface area contributed by atoms with E-state index in [1.54, 1.807) is 0 Å².